The Bertz CT molecular complexity index is 2080. The molecule has 3 fully saturated rings. The monoisotopic (exact) mass is 1100 g/mol. The molecule has 2 N–H and O–H groups in total. The van der Waals surface area contributed by atoms with Gasteiger partial charge in [-0.1, -0.05) is 105 Å². The van der Waals surface area contributed by atoms with Gasteiger partial charge in [0.15, 0.2) is 8.32 Å². The van der Waals surface area contributed by atoms with Gasteiger partial charge in [0, 0.05) is 52.6 Å². The number of fused-ring (bicyclic) bond motifs is 3. The van der Waals surface area contributed by atoms with Crippen LogP contribution in [0.1, 0.15) is 153 Å². The van der Waals surface area contributed by atoms with Gasteiger partial charge in [-0.3, -0.25) is 14.4 Å². The molecule has 2 bridgehead atoms. The van der Waals surface area contributed by atoms with Gasteiger partial charge in [-0.05, 0) is 142 Å². The van der Waals surface area contributed by atoms with E-state index in [0.717, 1.165) is 36.8 Å². The summed E-state index contributed by atoms with van der Waals surface area (Å²) in [7, 11) is 2.85. The van der Waals surface area contributed by atoms with Crippen molar-refractivity contribution < 1.29 is 62.2 Å². The predicted octanol–water partition coefficient (Wildman–Crippen LogP) is 10.8. The van der Waals surface area contributed by atoms with Crippen molar-refractivity contribution in [2.24, 2.45) is 41.4 Å². The van der Waals surface area contributed by atoms with Crippen LogP contribution in [-0.4, -0.2) is 143 Å². The number of carbonyl (C=O) groups excluding carboxylic acids is 4. The Balaban J connectivity index is 1.64. The second-order valence-electron chi connectivity index (χ2n) is 24.8. The Morgan fingerprint density at radius 2 is 1.56 bits per heavy atom. The van der Waals surface area contributed by atoms with Crippen LogP contribution in [0.25, 0.3) is 0 Å². The quantitative estimate of drug-likeness (QED) is 0.0586. The zero-order chi connectivity index (χ0) is 57.6. The summed E-state index contributed by atoms with van der Waals surface area (Å²) in [6, 6.07) is -1.12. The first kappa shape index (κ1) is 66.4. The third-order valence-electron chi connectivity index (χ3n) is 18.6. The molecule has 2 saturated heterocycles. The van der Waals surface area contributed by atoms with E-state index < -0.39 is 80.2 Å². The van der Waals surface area contributed by atoms with Crippen LogP contribution < -0.4 is 0 Å². The molecule has 1 saturated carbocycles. The largest absolute Gasteiger partial charge is 0.460 e. The maximum absolute atomic E-state index is 14.7. The number of piperidine rings is 1. The Labute approximate surface area is 465 Å². The number of Topliss-reactive ketones (excluding diaryl/α,β-unsaturated/α-hetero) is 2. The summed E-state index contributed by atoms with van der Waals surface area (Å²) in [5, 5.41) is 23.9. The van der Waals surface area contributed by atoms with E-state index in [-0.39, 0.29) is 66.1 Å². The first-order valence-electron chi connectivity index (χ1n) is 29.0. The highest BCUT2D eigenvalue weighted by molar-refractivity contribution is 6.74. The minimum absolute atomic E-state index is 0.00132. The summed E-state index contributed by atoms with van der Waals surface area (Å²) >= 11 is 0. The molecule has 1 amide bonds. The molecule has 0 aromatic carbocycles. The number of hydrogen-bond acceptors (Lipinski definition) is 13. The Morgan fingerprint density at radius 1 is 0.857 bits per heavy atom. The van der Waals surface area contributed by atoms with Crippen LogP contribution in [0.2, 0.25) is 18.1 Å². The van der Waals surface area contributed by atoms with E-state index in [1.54, 1.807) is 48.2 Å². The number of allylic oxidation sites excluding steroid dienone is 6. The van der Waals surface area contributed by atoms with Gasteiger partial charge in [0.25, 0.3) is 11.7 Å². The van der Waals surface area contributed by atoms with Gasteiger partial charge in [0.2, 0.25) is 5.79 Å². The number of aliphatic hydroxyl groups is 2. The molecule has 1 aliphatic carbocycles. The topological polar surface area (TPSA) is 177 Å². The van der Waals surface area contributed by atoms with Crippen molar-refractivity contribution in [1.29, 1.82) is 0 Å². The van der Waals surface area contributed by atoms with Crippen LogP contribution >= 0.6 is 0 Å². The van der Waals surface area contributed by atoms with E-state index in [1.807, 2.05) is 38.2 Å². The minimum atomic E-state index is -2.42. The second kappa shape index (κ2) is 30.1. The number of esters is 1. The number of carbonyl (C=O) groups is 4. The molecule has 438 valence electrons. The highest BCUT2D eigenvalue weighted by Gasteiger charge is 2.53. The first-order valence-corrected chi connectivity index (χ1v) is 31.9. The lowest BCUT2D eigenvalue weighted by Crippen LogP contribution is -2.61. The molecule has 3 heterocycles. The summed E-state index contributed by atoms with van der Waals surface area (Å²) in [5.74, 6) is -6.25. The summed E-state index contributed by atoms with van der Waals surface area (Å²) in [5.41, 5.74) is 2.22. The lowest BCUT2D eigenvalue weighted by molar-refractivity contribution is -0.265. The maximum Gasteiger partial charge on any atom is 0.329 e. The lowest BCUT2D eigenvalue weighted by Gasteiger charge is -2.43. The highest BCUT2D eigenvalue weighted by Crippen LogP contribution is 2.45. The molecule has 77 heavy (non-hydrogen) atoms. The number of methoxy groups -OCH3 is 3. The van der Waals surface area contributed by atoms with Crippen LogP contribution in [0.5, 0.6) is 0 Å². The van der Waals surface area contributed by atoms with E-state index in [0.29, 0.717) is 63.2 Å². The predicted molar refractivity (Wildman–Crippen MR) is 305 cm³/mol. The van der Waals surface area contributed by atoms with Crippen LogP contribution in [0.3, 0.4) is 0 Å². The molecule has 4 aliphatic rings. The molecule has 4 rings (SSSR count). The van der Waals surface area contributed by atoms with E-state index >= 15 is 0 Å². The molecule has 15 atom stereocenters. The zero-order valence-corrected chi connectivity index (χ0v) is 51.3. The van der Waals surface area contributed by atoms with E-state index in [9.17, 15) is 29.4 Å². The Hall–Kier alpha value is -3.12. The van der Waals surface area contributed by atoms with Gasteiger partial charge >= 0.3 is 5.97 Å². The number of ether oxygens (including phenoxy) is 6. The SMILES string of the molecule is C=C1[C@H](C)C[C@H](C)/C=C/C=C/C=C(\C)[C@@H](OC)C[C@@H]2CC[C@@H](C)[C@@](O)(O2)C(=O)C(=O)N2CCCC[C@H]2C(=O)O[C@H]([C@H](C)C[C@@H]2CC[C@@H](OCCO[Si](C)(C)C(C)(C)C(C)C)[C@H](OC)C2)CC(=O)[C@H](C)/C=C(\C)[C@@H](O)[C@H]1OC. The van der Waals surface area contributed by atoms with E-state index in [4.69, 9.17) is 32.8 Å². The third kappa shape index (κ3) is 17.7. The molecule has 0 aromatic rings. The number of aliphatic hydroxyl groups excluding tert-OH is 1. The summed E-state index contributed by atoms with van der Waals surface area (Å²) in [6.45, 7) is 32.5. The lowest BCUT2D eigenvalue weighted by atomic mass is 9.78. The minimum Gasteiger partial charge on any atom is -0.460 e. The number of nitrogens with zero attached hydrogens (tertiary/aromatic N) is 1. The van der Waals surface area contributed by atoms with Crippen molar-refractivity contribution >= 4 is 31.8 Å². The first-order chi connectivity index (χ1) is 36.1. The van der Waals surface area contributed by atoms with Crippen LogP contribution in [0.4, 0.5) is 0 Å². The Kier molecular flexibility index (Phi) is 25.9. The summed E-state index contributed by atoms with van der Waals surface area (Å²) in [4.78, 5) is 59.2. The second-order valence-corrected chi connectivity index (χ2v) is 29.4. The van der Waals surface area contributed by atoms with Gasteiger partial charge in [0.05, 0.1) is 37.6 Å². The highest BCUT2D eigenvalue weighted by atomic mass is 28.4. The van der Waals surface area contributed by atoms with E-state index in [1.165, 1.54) is 4.90 Å². The van der Waals surface area contributed by atoms with Crippen LogP contribution in [-0.2, 0) is 52.0 Å². The summed E-state index contributed by atoms with van der Waals surface area (Å²) in [6.07, 6.45) is 14.1. The zero-order valence-electron chi connectivity index (χ0n) is 50.3. The molecular weight excluding hydrogens is 995 g/mol. The van der Waals surface area contributed by atoms with Crippen molar-refractivity contribution in [2.75, 3.05) is 41.1 Å². The van der Waals surface area contributed by atoms with Crippen molar-refractivity contribution in [3.05, 3.63) is 59.8 Å². The molecule has 14 nitrogen and oxygen atoms in total. The average Bonchev–Trinajstić information content (AvgIpc) is 3.39. The number of hydrogen-bond donors (Lipinski definition) is 2. The van der Waals surface area contributed by atoms with Crippen molar-refractivity contribution in [1.82, 2.24) is 4.90 Å². The summed E-state index contributed by atoms with van der Waals surface area (Å²) < 4.78 is 43.5. The van der Waals surface area contributed by atoms with Gasteiger partial charge in [-0.2, -0.15) is 0 Å². The van der Waals surface area contributed by atoms with Gasteiger partial charge in [-0.25, -0.2) is 4.79 Å². The molecule has 15 heteroatoms. The molecule has 3 aliphatic heterocycles. The molecule has 0 unspecified atom stereocenters. The fourth-order valence-electron chi connectivity index (χ4n) is 11.8. The molecule has 0 aromatic heterocycles. The fraction of sp³-hybridized carbons (Fsp3) is 0.774. The van der Waals surface area contributed by atoms with Gasteiger partial charge < -0.3 is 48.0 Å². The smallest absolute Gasteiger partial charge is 0.329 e. The standard InChI is InChI=1S/C62H103NO13Si/c1-39(2)61(11,12)77(16,17)74-32-31-73-52-29-27-48(36-55(52)71-14)35-44(7)54-38-51(64)43(6)34-45(8)56(65)57(72-15)47(10)42(5)33-40(3)23-19-18-20-24-41(4)53(70-13)37-49-28-26-46(9)62(69,76-49)58(66)59(67)63-30-22-21-25-50(63)60(68)75-54/h18-20,23-24,34,39-40,42-44,46,48-50,52-57,65,69H,10,21-22,25-33,35-38H2,1-9,11-17H3/b20-18+,23-19+,41-24+,45-34+/t40-,42-,43-,44-,46-,48+,49+,50+,52-,53+,54+,55-,56-,57+,62-/m1/s1. The van der Waals surface area contributed by atoms with Crippen LogP contribution in [0.15, 0.2) is 59.8 Å². The molecular formula is C62H103NO13Si. The fourth-order valence-corrected chi connectivity index (χ4v) is 14.1. The van der Waals surface area contributed by atoms with Crippen molar-refractivity contribution in [3.63, 3.8) is 0 Å². The molecule has 0 radical (unpaired) electrons. The normalized spacial score (nSPS) is 36.5. The number of rotatable bonds is 13. The number of ketones is 2. The van der Waals surface area contributed by atoms with Crippen LogP contribution in [0, 0.1) is 41.4 Å². The Morgan fingerprint density at radius 3 is 2.21 bits per heavy atom. The van der Waals surface area contributed by atoms with Gasteiger partial charge in [-0.15, -0.1) is 0 Å². The number of amides is 1. The van der Waals surface area contributed by atoms with Gasteiger partial charge in [0.1, 0.15) is 30.1 Å². The van der Waals surface area contributed by atoms with Crippen molar-refractivity contribution in [3.8, 4) is 0 Å². The average molecular weight is 1100 g/mol. The molecule has 0 spiro atoms. The third-order valence-corrected chi connectivity index (χ3v) is 23.2. The van der Waals surface area contributed by atoms with Crippen molar-refractivity contribution in [2.45, 2.75) is 226 Å². The number of cyclic esters (lactones) is 1. The maximum atomic E-state index is 14.7. The van der Waals surface area contributed by atoms with E-state index in [2.05, 4.69) is 67.3 Å².